The highest BCUT2D eigenvalue weighted by Crippen LogP contribution is 2.25. The highest BCUT2D eigenvalue weighted by molar-refractivity contribution is 8.00. The first-order valence-electron chi connectivity index (χ1n) is 9.62. The number of thioether (sulfide) groups is 1. The van der Waals surface area contributed by atoms with Gasteiger partial charge in [-0.2, -0.15) is 0 Å². The van der Waals surface area contributed by atoms with E-state index in [2.05, 4.69) is 20.8 Å². The minimum absolute atomic E-state index is 0.0917. The number of hydrogen-bond acceptors (Lipinski definition) is 5. The number of benzene rings is 2. The Bertz CT molecular complexity index is 1030. The Balaban J connectivity index is 1.55. The second-order valence-electron chi connectivity index (χ2n) is 7.02. The maximum absolute atomic E-state index is 12.5. The van der Waals surface area contributed by atoms with E-state index in [1.165, 1.54) is 11.8 Å². The second kappa shape index (κ2) is 9.58. The number of nitrogens with one attached hydrogen (secondary N) is 2. The molecule has 0 unspecified atom stereocenters. The Morgan fingerprint density at radius 3 is 2.37 bits per heavy atom. The standard InChI is InChI=1S/C22H25N5O2S/c1-14-9-8-10-15(2)19(14)24-18(28)13-23-21(29)16(3)30-22-26-25-20(27(22)4)17-11-6-5-7-12-17/h5-12,16H,13H2,1-4H3,(H,23,29)(H,24,28)/t16-/m0/s1. The number of anilines is 1. The summed E-state index contributed by atoms with van der Waals surface area (Å²) < 4.78 is 1.86. The number of carbonyl (C=O) groups excluding carboxylic acids is 2. The minimum Gasteiger partial charge on any atom is -0.346 e. The molecule has 0 fully saturated rings. The van der Waals surface area contributed by atoms with Gasteiger partial charge in [-0.1, -0.05) is 60.3 Å². The Labute approximate surface area is 180 Å². The molecule has 0 saturated heterocycles. The molecule has 0 aliphatic heterocycles. The van der Waals surface area contributed by atoms with Crippen LogP contribution in [0.5, 0.6) is 0 Å². The average molecular weight is 424 g/mol. The van der Waals surface area contributed by atoms with E-state index in [-0.39, 0.29) is 18.4 Å². The minimum atomic E-state index is -0.426. The van der Waals surface area contributed by atoms with E-state index < -0.39 is 5.25 Å². The van der Waals surface area contributed by atoms with Crippen molar-refractivity contribution in [3.63, 3.8) is 0 Å². The molecular formula is C22H25N5O2S. The molecule has 0 saturated carbocycles. The first-order valence-corrected chi connectivity index (χ1v) is 10.5. The first kappa shape index (κ1) is 21.6. The van der Waals surface area contributed by atoms with Crippen LogP contribution in [0.1, 0.15) is 18.1 Å². The SMILES string of the molecule is Cc1cccc(C)c1NC(=O)CNC(=O)[C@H](C)Sc1nnc(-c2ccccc2)n1C. The highest BCUT2D eigenvalue weighted by atomic mass is 32.2. The van der Waals surface area contributed by atoms with Crippen LogP contribution in [0.4, 0.5) is 5.69 Å². The zero-order valence-corrected chi connectivity index (χ0v) is 18.3. The van der Waals surface area contributed by atoms with Gasteiger partial charge in [0.1, 0.15) is 0 Å². The third-order valence-electron chi connectivity index (χ3n) is 4.69. The third kappa shape index (κ3) is 5.07. The van der Waals surface area contributed by atoms with Crippen LogP contribution in [-0.4, -0.2) is 38.4 Å². The quantitative estimate of drug-likeness (QED) is 0.569. The molecule has 0 bridgehead atoms. The third-order valence-corrected chi connectivity index (χ3v) is 5.82. The molecule has 2 aromatic carbocycles. The van der Waals surface area contributed by atoms with Gasteiger partial charge in [-0.25, -0.2) is 0 Å². The van der Waals surface area contributed by atoms with E-state index in [1.807, 2.05) is 74.0 Å². The predicted molar refractivity (Wildman–Crippen MR) is 119 cm³/mol. The van der Waals surface area contributed by atoms with Gasteiger partial charge in [0.2, 0.25) is 11.8 Å². The molecule has 156 valence electrons. The Hall–Kier alpha value is -3.13. The number of amides is 2. The van der Waals surface area contributed by atoms with Crippen LogP contribution >= 0.6 is 11.8 Å². The van der Waals surface area contributed by atoms with Crippen LogP contribution in [0.25, 0.3) is 11.4 Å². The van der Waals surface area contributed by atoms with Crippen molar-refractivity contribution in [3.8, 4) is 11.4 Å². The Kier molecular flexibility index (Phi) is 6.89. The zero-order valence-electron chi connectivity index (χ0n) is 17.5. The number of nitrogens with zero attached hydrogens (tertiary/aromatic N) is 3. The predicted octanol–water partition coefficient (Wildman–Crippen LogP) is 3.33. The molecule has 1 aromatic heterocycles. The van der Waals surface area contributed by atoms with Crippen molar-refractivity contribution >= 4 is 29.3 Å². The molecule has 0 radical (unpaired) electrons. The van der Waals surface area contributed by atoms with Crippen LogP contribution in [-0.2, 0) is 16.6 Å². The summed E-state index contributed by atoms with van der Waals surface area (Å²) in [5.74, 6) is 0.238. The Morgan fingerprint density at radius 2 is 1.70 bits per heavy atom. The van der Waals surface area contributed by atoms with Crippen LogP contribution in [0, 0.1) is 13.8 Å². The fourth-order valence-electron chi connectivity index (χ4n) is 2.97. The molecule has 3 rings (SSSR count). The molecule has 2 N–H and O–H groups in total. The summed E-state index contributed by atoms with van der Waals surface area (Å²) in [5, 5.41) is 14.2. The van der Waals surface area contributed by atoms with Crippen molar-refractivity contribution in [1.82, 2.24) is 20.1 Å². The van der Waals surface area contributed by atoms with Crippen molar-refractivity contribution in [2.75, 3.05) is 11.9 Å². The van der Waals surface area contributed by atoms with Crippen LogP contribution < -0.4 is 10.6 Å². The smallest absolute Gasteiger partial charge is 0.243 e. The molecule has 0 spiro atoms. The average Bonchev–Trinajstić information content (AvgIpc) is 3.09. The summed E-state index contributed by atoms with van der Waals surface area (Å²) in [7, 11) is 1.87. The summed E-state index contributed by atoms with van der Waals surface area (Å²) in [6.07, 6.45) is 0. The normalized spacial score (nSPS) is 11.7. The lowest BCUT2D eigenvalue weighted by Gasteiger charge is -2.14. The maximum Gasteiger partial charge on any atom is 0.243 e. The van der Waals surface area contributed by atoms with Gasteiger partial charge in [-0.3, -0.25) is 9.59 Å². The van der Waals surface area contributed by atoms with E-state index >= 15 is 0 Å². The van der Waals surface area contributed by atoms with Crippen LogP contribution in [0.2, 0.25) is 0 Å². The van der Waals surface area contributed by atoms with E-state index in [0.29, 0.717) is 5.16 Å². The second-order valence-corrected chi connectivity index (χ2v) is 8.33. The van der Waals surface area contributed by atoms with Crippen molar-refractivity contribution < 1.29 is 9.59 Å². The van der Waals surface area contributed by atoms with Gasteiger partial charge in [-0.05, 0) is 31.9 Å². The molecule has 0 aliphatic rings. The summed E-state index contributed by atoms with van der Waals surface area (Å²) in [6, 6.07) is 15.6. The van der Waals surface area contributed by atoms with E-state index in [9.17, 15) is 9.59 Å². The van der Waals surface area contributed by atoms with Crippen molar-refractivity contribution in [1.29, 1.82) is 0 Å². The van der Waals surface area contributed by atoms with E-state index in [0.717, 1.165) is 28.2 Å². The largest absolute Gasteiger partial charge is 0.346 e. The number of hydrogen-bond donors (Lipinski definition) is 2. The molecular weight excluding hydrogens is 398 g/mol. The first-order chi connectivity index (χ1) is 14.4. The molecule has 3 aromatic rings. The van der Waals surface area contributed by atoms with Crippen molar-refractivity contribution in [3.05, 3.63) is 59.7 Å². The van der Waals surface area contributed by atoms with E-state index in [4.69, 9.17) is 0 Å². The van der Waals surface area contributed by atoms with Gasteiger partial charge >= 0.3 is 0 Å². The highest BCUT2D eigenvalue weighted by Gasteiger charge is 2.20. The van der Waals surface area contributed by atoms with Gasteiger partial charge < -0.3 is 15.2 Å². The lowest BCUT2D eigenvalue weighted by Crippen LogP contribution is -2.37. The fourth-order valence-corrected chi connectivity index (χ4v) is 3.81. The Morgan fingerprint density at radius 1 is 1.03 bits per heavy atom. The molecule has 1 heterocycles. The molecule has 30 heavy (non-hydrogen) atoms. The van der Waals surface area contributed by atoms with Crippen molar-refractivity contribution in [2.45, 2.75) is 31.2 Å². The van der Waals surface area contributed by atoms with Gasteiger partial charge in [0.15, 0.2) is 11.0 Å². The summed E-state index contributed by atoms with van der Waals surface area (Å²) in [6.45, 7) is 5.56. The fraction of sp³-hybridized carbons (Fsp3) is 0.273. The summed E-state index contributed by atoms with van der Waals surface area (Å²) >= 11 is 1.30. The van der Waals surface area contributed by atoms with Crippen molar-refractivity contribution in [2.24, 2.45) is 7.05 Å². The lowest BCUT2D eigenvalue weighted by atomic mass is 10.1. The van der Waals surface area contributed by atoms with Gasteiger partial charge in [0.05, 0.1) is 11.8 Å². The van der Waals surface area contributed by atoms with Crippen LogP contribution in [0.15, 0.2) is 53.7 Å². The molecule has 8 heteroatoms. The van der Waals surface area contributed by atoms with E-state index in [1.54, 1.807) is 6.92 Å². The number of aromatic nitrogens is 3. The topological polar surface area (TPSA) is 88.9 Å². The summed E-state index contributed by atoms with van der Waals surface area (Å²) in [5.41, 5.74) is 3.71. The maximum atomic E-state index is 12.5. The number of para-hydroxylation sites is 1. The number of aryl methyl sites for hydroxylation is 2. The molecule has 0 aliphatic carbocycles. The van der Waals surface area contributed by atoms with Gasteiger partial charge in [0, 0.05) is 18.3 Å². The van der Waals surface area contributed by atoms with Crippen LogP contribution in [0.3, 0.4) is 0 Å². The van der Waals surface area contributed by atoms with Gasteiger partial charge in [-0.15, -0.1) is 10.2 Å². The molecule has 2 amide bonds. The number of rotatable bonds is 7. The molecule has 7 nitrogen and oxygen atoms in total. The lowest BCUT2D eigenvalue weighted by molar-refractivity contribution is -0.123. The summed E-state index contributed by atoms with van der Waals surface area (Å²) in [4.78, 5) is 24.7. The van der Waals surface area contributed by atoms with Gasteiger partial charge in [0.25, 0.3) is 0 Å². The zero-order chi connectivity index (χ0) is 21.7. The monoisotopic (exact) mass is 423 g/mol. The molecule has 1 atom stereocenters. The number of carbonyl (C=O) groups is 2.